The van der Waals surface area contributed by atoms with Crippen molar-refractivity contribution in [3.63, 3.8) is 0 Å². The van der Waals surface area contributed by atoms with Gasteiger partial charge in [-0.3, -0.25) is 4.79 Å². The fourth-order valence-electron chi connectivity index (χ4n) is 1.90. The van der Waals surface area contributed by atoms with Crippen molar-refractivity contribution in [1.29, 1.82) is 0 Å². The number of carbonyl (C=O) groups is 1. The molecule has 0 spiro atoms. The Labute approximate surface area is 118 Å². The fourth-order valence-corrected chi connectivity index (χ4v) is 2.80. The molecule has 1 unspecified atom stereocenters. The number of nitrogens with zero attached hydrogens (tertiary/aromatic N) is 2. The maximum atomic E-state index is 12.5. The molecule has 1 aromatic carbocycles. The standard InChI is InChI=1S/C15H18N2OS/c1-10-5-6-11(2)13(9-10)14(18)12(3)19-15-16-7-8-17(15)4/h5-9,12H,1-4H3. The number of hydrogen-bond donors (Lipinski definition) is 0. The number of benzene rings is 1. The van der Waals surface area contributed by atoms with Crippen LogP contribution in [-0.4, -0.2) is 20.6 Å². The van der Waals surface area contributed by atoms with Gasteiger partial charge in [-0.05, 0) is 32.4 Å². The molecule has 4 heteroatoms. The molecular formula is C15H18N2OS. The summed E-state index contributed by atoms with van der Waals surface area (Å²) in [7, 11) is 1.93. The van der Waals surface area contributed by atoms with Crippen molar-refractivity contribution < 1.29 is 4.79 Å². The molecule has 2 aromatic rings. The van der Waals surface area contributed by atoms with E-state index in [-0.39, 0.29) is 11.0 Å². The number of rotatable bonds is 4. The van der Waals surface area contributed by atoms with Gasteiger partial charge < -0.3 is 4.57 Å². The first-order valence-corrected chi connectivity index (χ1v) is 7.12. The largest absolute Gasteiger partial charge is 0.329 e. The summed E-state index contributed by atoms with van der Waals surface area (Å²) in [6.07, 6.45) is 3.63. The number of aromatic nitrogens is 2. The third-order valence-electron chi connectivity index (χ3n) is 3.09. The molecule has 1 aromatic heterocycles. The summed E-state index contributed by atoms with van der Waals surface area (Å²) in [6, 6.07) is 6.00. The average Bonchev–Trinajstić information content (AvgIpc) is 2.77. The fraction of sp³-hybridized carbons (Fsp3) is 0.333. The molecule has 100 valence electrons. The van der Waals surface area contributed by atoms with Gasteiger partial charge in [-0.25, -0.2) is 4.98 Å². The van der Waals surface area contributed by atoms with Crippen molar-refractivity contribution in [2.24, 2.45) is 7.05 Å². The van der Waals surface area contributed by atoms with E-state index in [4.69, 9.17) is 0 Å². The molecule has 0 aliphatic rings. The number of ketones is 1. The van der Waals surface area contributed by atoms with E-state index in [1.807, 2.05) is 56.8 Å². The Kier molecular flexibility index (Phi) is 4.10. The maximum Gasteiger partial charge on any atom is 0.176 e. The highest BCUT2D eigenvalue weighted by molar-refractivity contribution is 8.00. The summed E-state index contributed by atoms with van der Waals surface area (Å²) in [6.45, 7) is 5.92. The van der Waals surface area contributed by atoms with Gasteiger partial charge in [-0.15, -0.1) is 0 Å². The highest BCUT2D eigenvalue weighted by Crippen LogP contribution is 2.25. The van der Waals surface area contributed by atoms with Gasteiger partial charge in [0.05, 0.1) is 5.25 Å². The minimum absolute atomic E-state index is 0.137. The quantitative estimate of drug-likeness (QED) is 0.633. The average molecular weight is 274 g/mol. The van der Waals surface area contributed by atoms with Crippen LogP contribution in [-0.2, 0) is 7.05 Å². The second-order valence-corrected chi connectivity index (χ2v) is 6.07. The molecule has 1 heterocycles. The topological polar surface area (TPSA) is 34.9 Å². The van der Waals surface area contributed by atoms with Crippen molar-refractivity contribution in [1.82, 2.24) is 9.55 Å². The summed E-state index contributed by atoms with van der Waals surface area (Å²) in [5, 5.41) is 0.729. The first-order chi connectivity index (χ1) is 8.99. The molecule has 0 bridgehead atoms. The third-order valence-corrected chi connectivity index (χ3v) is 4.26. The van der Waals surface area contributed by atoms with Crippen LogP contribution in [0.1, 0.15) is 28.4 Å². The zero-order chi connectivity index (χ0) is 14.0. The van der Waals surface area contributed by atoms with Gasteiger partial charge in [0.1, 0.15) is 0 Å². The molecule has 0 aliphatic heterocycles. The van der Waals surface area contributed by atoms with Gasteiger partial charge in [0.2, 0.25) is 0 Å². The molecule has 2 rings (SSSR count). The molecular weight excluding hydrogens is 256 g/mol. The highest BCUT2D eigenvalue weighted by Gasteiger charge is 2.19. The lowest BCUT2D eigenvalue weighted by Crippen LogP contribution is -2.15. The Morgan fingerprint density at radius 2 is 2.11 bits per heavy atom. The highest BCUT2D eigenvalue weighted by atomic mass is 32.2. The number of aryl methyl sites for hydroxylation is 3. The zero-order valence-electron chi connectivity index (χ0n) is 11.7. The lowest BCUT2D eigenvalue weighted by atomic mass is 10.0. The Bertz CT molecular complexity index is 604. The number of hydrogen-bond acceptors (Lipinski definition) is 3. The summed E-state index contributed by atoms with van der Waals surface area (Å²) in [4.78, 5) is 16.7. The minimum Gasteiger partial charge on any atom is -0.329 e. The molecule has 0 fully saturated rings. The molecule has 0 aliphatic carbocycles. The summed E-state index contributed by atoms with van der Waals surface area (Å²) >= 11 is 1.50. The van der Waals surface area contributed by atoms with E-state index < -0.39 is 0 Å². The van der Waals surface area contributed by atoms with Crippen molar-refractivity contribution in [3.8, 4) is 0 Å². The van der Waals surface area contributed by atoms with E-state index in [9.17, 15) is 4.79 Å². The van der Waals surface area contributed by atoms with E-state index in [0.29, 0.717) is 0 Å². The molecule has 0 amide bonds. The molecule has 19 heavy (non-hydrogen) atoms. The SMILES string of the molecule is Cc1ccc(C)c(C(=O)C(C)Sc2nccn2C)c1. The van der Waals surface area contributed by atoms with Crippen LogP contribution in [0.3, 0.4) is 0 Å². The third kappa shape index (κ3) is 3.07. The number of carbonyl (C=O) groups excluding carboxylic acids is 1. The smallest absolute Gasteiger partial charge is 0.176 e. The van der Waals surface area contributed by atoms with Crippen LogP contribution in [0, 0.1) is 13.8 Å². The second kappa shape index (κ2) is 5.61. The van der Waals surface area contributed by atoms with Gasteiger partial charge in [0.25, 0.3) is 0 Å². The van der Waals surface area contributed by atoms with Crippen molar-refractivity contribution in [2.75, 3.05) is 0 Å². The van der Waals surface area contributed by atoms with Crippen molar-refractivity contribution in [2.45, 2.75) is 31.2 Å². The van der Waals surface area contributed by atoms with Crippen LogP contribution in [0.15, 0.2) is 35.7 Å². The lowest BCUT2D eigenvalue weighted by molar-refractivity contribution is 0.0993. The molecule has 0 radical (unpaired) electrons. The molecule has 0 saturated heterocycles. The molecule has 0 saturated carbocycles. The monoisotopic (exact) mass is 274 g/mol. The van der Waals surface area contributed by atoms with Crippen LogP contribution >= 0.6 is 11.8 Å². The lowest BCUT2D eigenvalue weighted by Gasteiger charge is -2.12. The summed E-state index contributed by atoms with van der Waals surface area (Å²) in [5.41, 5.74) is 2.96. The van der Waals surface area contributed by atoms with Crippen molar-refractivity contribution >= 4 is 17.5 Å². The van der Waals surface area contributed by atoms with Crippen LogP contribution < -0.4 is 0 Å². The Hall–Kier alpha value is -1.55. The minimum atomic E-state index is -0.137. The Morgan fingerprint density at radius 1 is 1.37 bits per heavy atom. The van der Waals surface area contributed by atoms with Crippen LogP contribution in [0.25, 0.3) is 0 Å². The second-order valence-electron chi connectivity index (χ2n) is 4.76. The van der Waals surface area contributed by atoms with Crippen LogP contribution in [0.5, 0.6) is 0 Å². The molecule has 3 nitrogen and oxygen atoms in total. The van der Waals surface area contributed by atoms with E-state index in [0.717, 1.165) is 21.8 Å². The first-order valence-electron chi connectivity index (χ1n) is 6.24. The number of imidazole rings is 1. The summed E-state index contributed by atoms with van der Waals surface area (Å²) < 4.78 is 1.93. The predicted molar refractivity (Wildman–Crippen MR) is 78.8 cm³/mol. The Morgan fingerprint density at radius 3 is 2.74 bits per heavy atom. The van der Waals surface area contributed by atoms with Gasteiger partial charge >= 0.3 is 0 Å². The van der Waals surface area contributed by atoms with Gasteiger partial charge in [0.15, 0.2) is 10.9 Å². The molecule has 1 atom stereocenters. The Balaban J connectivity index is 2.19. The van der Waals surface area contributed by atoms with Gasteiger partial charge in [-0.1, -0.05) is 29.5 Å². The summed E-state index contributed by atoms with van der Waals surface area (Å²) in [5.74, 6) is 0.161. The number of Topliss-reactive ketones (excluding diaryl/α,β-unsaturated/α-hetero) is 1. The normalized spacial score (nSPS) is 12.4. The molecule has 0 N–H and O–H groups in total. The van der Waals surface area contributed by atoms with E-state index in [2.05, 4.69) is 4.98 Å². The van der Waals surface area contributed by atoms with Crippen molar-refractivity contribution in [3.05, 3.63) is 47.3 Å². The van der Waals surface area contributed by atoms with E-state index in [1.165, 1.54) is 11.8 Å². The first kappa shape index (κ1) is 13.9. The van der Waals surface area contributed by atoms with Gasteiger partial charge in [-0.2, -0.15) is 0 Å². The van der Waals surface area contributed by atoms with E-state index >= 15 is 0 Å². The van der Waals surface area contributed by atoms with Gasteiger partial charge in [0, 0.05) is 25.0 Å². The van der Waals surface area contributed by atoms with E-state index in [1.54, 1.807) is 6.20 Å². The maximum absolute atomic E-state index is 12.5. The zero-order valence-corrected chi connectivity index (χ0v) is 12.5. The predicted octanol–water partition coefficient (Wildman–Crippen LogP) is 3.40. The van der Waals surface area contributed by atoms with Crippen LogP contribution in [0.2, 0.25) is 0 Å². The number of thioether (sulfide) groups is 1. The van der Waals surface area contributed by atoms with Crippen LogP contribution in [0.4, 0.5) is 0 Å².